The second-order valence-electron chi connectivity index (χ2n) is 1.69. The fourth-order valence-electron chi connectivity index (χ4n) is 0.668. The van der Waals surface area contributed by atoms with Gasteiger partial charge < -0.3 is 15.8 Å². The summed E-state index contributed by atoms with van der Waals surface area (Å²) in [6, 6.07) is 0. The Kier molecular flexibility index (Phi) is 2.06. The number of ether oxygens (including phenoxy) is 1. The van der Waals surface area contributed by atoms with Crippen LogP contribution in [0, 0.1) is 0 Å². The second-order valence-corrected chi connectivity index (χ2v) is 2.51. The Bertz CT molecular complexity index is 190. The minimum absolute atomic E-state index is 0.243. The maximum absolute atomic E-state index is 10.6. The van der Waals surface area contributed by atoms with Gasteiger partial charge in [-0.25, -0.2) is 0 Å². The predicted octanol–water partition coefficient (Wildman–Crippen LogP) is -0.419. The Hall–Kier alpha value is -0.840. The molecule has 5 heteroatoms. The van der Waals surface area contributed by atoms with Gasteiger partial charge in [-0.1, -0.05) is 0 Å². The van der Waals surface area contributed by atoms with E-state index in [2.05, 4.69) is 5.32 Å². The van der Waals surface area contributed by atoms with Crippen LogP contribution in [0.5, 0.6) is 0 Å². The van der Waals surface area contributed by atoms with Gasteiger partial charge in [-0.15, -0.1) is 11.8 Å². The van der Waals surface area contributed by atoms with Crippen molar-refractivity contribution in [2.24, 2.45) is 5.73 Å². The lowest BCUT2D eigenvalue weighted by Crippen LogP contribution is -2.14. The van der Waals surface area contributed by atoms with E-state index < -0.39 is 5.91 Å². The van der Waals surface area contributed by atoms with Crippen LogP contribution in [0.1, 0.15) is 0 Å². The van der Waals surface area contributed by atoms with Gasteiger partial charge in [0, 0.05) is 0 Å². The molecule has 0 fully saturated rings. The summed E-state index contributed by atoms with van der Waals surface area (Å²) < 4.78 is 4.89. The molecule has 1 amide bonds. The van der Waals surface area contributed by atoms with Gasteiger partial charge in [-0.05, 0) is 6.26 Å². The van der Waals surface area contributed by atoms with Crippen LogP contribution in [0.15, 0.2) is 10.8 Å². The molecule has 3 N–H and O–H groups in total. The molecule has 0 bridgehead atoms. The minimum atomic E-state index is -0.519. The van der Waals surface area contributed by atoms with E-state index in [0.29, 0.717) is 11.8 Å². The normalized spacial score (nSPS) is 16.5. The summed E-state index contributed by atoms with van der Waals surface area (Å²) in [5.74, 6) is -0.276. The maximum Gasteiger partial charge on any atom is 0.286 e. The van der Waals surface area contributed by atoms with Crippen molar-refractivity contribution in [1.82, 2.24) is 5.32 Å². The van der Waals surface area contributed by atoms with E-state index >= 15 is 0 Å². The molecule has 0 unspecified atom stereocenters. The van der Waals surface area contributed by atoms with Gasteiger partial charge in [-0.3, -0.25) is 4.79 Å². The van der Waals surface area contributed by atoms with Crippen LogP contribution in [0.3, 0.4) is 0 Å². The van der Waals surface area contributed by atoms with Crippen molar-refractivity contribution < 1.29 is 9.53 Å². The van der Waals surface area contributed by atoms with Crippen molar-refractivity contribution in [3.8, 4) is 0 Å². The lowest BCUT2D eigenvalue weighted by atomic mass is 10.5. The van der Waals surface area contributed by atoms with Crippen molar-refractivity contribution in [3.63, 3.8) is 0 Å². The van der Waals surface area contributed by atoms with E-state index in [1.807, 2.05) is 6.26 Å². The largest absolute Gasteiger partial charge is 0.465 e. The van der Waals surface area contributed by atoms with Crippen molar-refractivity contribution in [2.75, 3.05) is 13.0 Å². The van der Waals surface area contributed by atoms with Crippen LogP contribution in [0.4, 0.5) is 0 Å². The molecule has 4 nitrogen and oxygen atoms in total. The van der Waals surface area contributed by atoms with Gasteiger partial charge in [-0.2, -0.15) is 0 Å². The number of thioether (sulfide) groups is 1. The Morgan fingerprint density at radius 3 is 3.00 bits per heavy atom. The van der Waals surface area contributed by atoms with Gasteiger partial charge in [0.05, 0.1) is 0 Å². The molecular weight excluding hydrogens is 152 g/mol. The third-order valence-corrected chi connectivity index (χ3v) is 1.82. The van der Waals surface area contributed by atoms with Gasteiger partial charge in [0.2, 0.25) is 5.76 Å². The first-order valence-corrected chi connectivity index (χ1v) is 3.93. The Labute approximate surface area is 62.8 Å². The monoisotopic (exact) mass is 160 g/mol. The van der Waals surface area contributed by atoms with Crippen LogP contribution < -0.4 is 11.1 Å². The minimum Gasteiger partial charge on any atom is -0.465 e. The highest BCUT2D eigenvalue weighted by Crippen LogP contribution is 2.18. The average Bonchev–Trinajstić information content (AvgIpc) is 2.33. The number of carbonyl (C=O) groups excluding carboxylic acids is 1. The highest BCUT2D eigenvalue weighted by molar-refractivity contribution is 8.02. The smallest absolute Gasteiger partial charge is 0.286 e. The molecule has 0 spiro atoms. The molecule has 0 saturated carbocycles. The summed E-state index contributed by atoms with van der Waals surface area (Å²) in [6.07, 6.45) is 1.85. The summed E-state index contributed by atoms with van der Waals surface area (Å²) in [5, 5.41) is 3.57. The second kappa shape index (κ2) is 2.83. The number of hydrogen-bond donors (Lipinski definition) is 2. The van der Waals surface area contributed by atoms with Crippen LogP contribution >= 0.6 is 11.8 Å². The Balaban J connectivity index is 2.78. The number of primary amides is 1. The van der Waals surface area contributed by atoms with Crippen molar-refractivity contribution in [2.45, 2.75) is 0 Å². The lowest BCUT2D eigenvalue weighted by Gasteiger charge is -1.95. The lowest BCUT2D eigenvalue weighted by molar-refractivity contribution is -0.117. The molecule has 1 heterocycles. The number of amides is 1. The molecule has 0 aromatic heterocycles. The van der Waals surface area contributed by atoms with E-state index in [4.69, 9.17) is 10.5 Å². The number of rotatable bonds is 2. The molecule has 1 rings (SSSR count). The summed E-state index contributed by atoms with van der Waals surface area (Å²) >= 11 is 1.41. The zero-order valence-electron chi connectivity index (χ0n) is 5.51. The molecule has 0 aromatic carbocycles. The first-order chi connectivity index (χ1) is 4.75. The van der Waals surface area contributed by atoms with Gasteiger partial charge in [0.25, 0.3) is 5.91 Å². The molecule has 0 atom stereocenters. The van der Waals surface area contributed by atoms with Crippen molar-refractivity contribution >= 4 is 17.7 Å². The standard InChI is InChI=1S/C5H8N2O2S/c1-10-5-3(4(6)8)9-2-7-5/h7H,2H2,1H3,(H2,6,8). The summed E-state index contributed by atoms with van der Waals surface area (Å²) in [7, 11) is 0. The Morgan fingerprint density at radius 2 is 2.60 bits per heavy atom. The van der Waals surface area contributed by atoms with Gasteiger partial charge in [0.1, 0.15) is 5.03 Å². The summed E-state index contributed by atoms with van der Waals surface area (Å²) in [5.41, 5.74) is 4.99. The van der Waals surface area contributed by atoms with Gasteiger partial charge >= 0.3 is 0 Å². The zero-order chi connectivity index (χ0) is 7.56. The number of nitrogens with two attached hydrogens (primary N) is 1. The molecular formula is C5H8N2O2S. The van der Waals surface area contributed by atoms with Crippen LogP contribution in [0.2, 0.25) is 0 Å². The van der Waals surface area contributed by atoms with E-state index in [9.17, 15) is 4.79 Å². The highest BCUT2D eigenvalue weighted by atomic mass is 32.2. The summed E-state index contributed by atoms with van der Waals surface area (Å²) in [6.45, 7) is 0.342. The average molecular weight is 160 g/mol. The molecule has 1 aliphatic heterocycles. The maximum atomic E-state index is 10.6. The molecule has 56 valence electrons. The fourth-order valence-corrected chi connectivity index (χ4v) is 1.22. The zero-order valence-corrected chi connectivity index (χ0v) is 6.33. The third kappa shape index (κ3) is 1.18. The number of hydrogen-bond acceptors (Lipinski definition) is 4. The molecule has 0 saturated heterocycles. The summed E-state index contributed by atoms with van der Waals surface area (Å²) in [4.78, 5) is 10.6. The van der Waals surface area contributed by atoms with E-state index in [1.165, 1.54) is 11.8 Å². The molecule has 0 radical (unpaired) electrons. The first kappa shape index (κ1) is 7.27. The van der Waals surface area contributed by atoms with E-state index in [-0.39, 0.29) is 5.76 Å². The fraction of sp³-hybridized carbons (Fsp3) is 0.400. The van der Waals surface area contributed by atoms with Crippen LogP contribution in [-0.2, 0) is 9.53 Å². The van der Waals surface area contributed by atoms with E-state index in [0.717, 1.165) is 0 Å². The first-order valence-electron chi connectivity index (χ1n) is 2.70. The molecule has 0 aliphatic carbocycles. The topological polar surface area (TPSA) is 64.4 Å². The Morgan fingerprint density at radius 1 is 1.90 bits per heavy atom. The molecule has 0 aromatic rings. The van der Waals surface area contributed by atoms with Crippen LogP contribution in [-0.4, -0.2) is 18.9 Å². The van der Waals surface area contributed by atoms with Gasteiger partial charge in [0.15, 0.2) is 6.73 Å². The molecule has 1 aliphatic rings. The highest BCUT2D eigenvalue weighted by Gasteiger charge is 2.18. The number of carbonyl (C=O) groups is 1. The van der Waals surface area contributed by atoms with Crippen LogP contribution in [0.25, 0.3) is 0 Å². The van der Waals surface area contributed by atoms with Crippen molar-refractivity contribution in [3.05, 3.63) is 10.8 Å². The van der Waals surface area contributed by atoms with E-state index in [1.54, 1.807) is 0 Å². The van der Waals surface area contributed by atoms with Crippen molar-refractivity contribution in [1.29, 1.82) is 0 Å². The quantitative estimate of drug-likeness (QED) is 0.576. The predicted molar refractivity (Wildman–Crippen MR) is 38.8 cm³/mol. The SMILES string of the molecule is CSC1=C(C(N)=O)OCN1. The molecule has 10 heavy (non-hydrogen) atoms. The third-order valence-electron chi connectivity index (χ3n) is 1.08. The number of nitrogens with one attached hydrogen (secondary N) is 1.